The van der Waals surface area contributed by atoms with Gasteiger partial charge in [-0.2, -0.15) is 0 Å². The number of rotatable bonds is 3. The maximum absolute atomic E-state index is 12.2. The third kappa shape index (κ3) is 2.63. The fourth-order valence-corrected chi connectivity index (χ4v) is 2.43. The van der Waals surface area contributed by atoms with Crippen LogP contribution < -0.4 is 4.72 Å². The Balaban J connectivity index is 2.16. The fourth-order valence-electron chi connectivity index (χ4n) is 1.54. The predicted molar refractivity (Wildman–Crippen MR) is 67.8 cm³/mol. The van der Waals surface area contributed by atoms with Gasteiger partial charge >= 0.3 is 0 Å². The van der Waals surface area contributed by atoms with Crippen LogP contribution in [0.4, 0.5) is 0 Å². The second kappa shape index (κ2) is 4.57. The highest BCUT2D eigenvalue weighted by Gasteiger charge is 2.47. The first-order valence-electron chi connectivity index (χ1n) is 5.63. The zero-order valence-corrected chi connectivity index (χ0v) is 11.2. The zero-order chi connectivity index (χ0) is 12.5. The Labute approximate surface area is 105 Å². The number of ether oxygens (including phenoxy) is 1. The molecule has 17 heavy (non-hydrogen) atoms. The summed E-state index contributed by atoms with van der Waals surface area (Å²) in [7, 11) is 0. The molecule has 0 aromatic carbocycles. The Morgan fingerprint density at radius 1 is 1.41 bits per heavy atom. The standard InChI is InChI=1S/C12H18N2O2S/c1-11(2,3)17(15)14-12(8-16-9-12)10-6-4-5-7-13-10/h4-7,14H,8-9H2,1-3H3. The summed E-state index contributed by atoms with van der Waals surface area (Å²) in [6.45, 7) is 6.88. The van der Waals surface area contributed by atoms with E-state index in [4.69, 9.17) is 4.74 Å². The zero-order valence-electron chi connectivity index (χ0n) is 10.4. The van der Waals surface area contributed by atoms with E-state index in [-0.39, 0.29) is 10.3 Å². The first-order valence-corrected chi connectivity index (χ1v) is 6.78. The van der Waals surface area contributed by atoms with E-state index in [1.807, 2.05) is 39.0 Å². The minimum absolute atomic E-state index is 0.294. The van der Waals surface area contributed by atoms with Gasteiger partial charge in [0.15, 0.2) is 5.54 Å². The van der Waals surface area contributed by atoms with Crippen LogP contribution in [0.5, 0.6) is 0 Å². The van der Waals surface area contributed by atoms with Crippen LogP contribution in [-0.2, 0) is 21.6 Å². The fraction of sp³-hybridized carbons (Fsp3) is 0.583. The van der Waals surface area contributed by atoms with Crippen LogP contribution in [0, 0.1) is 0 Å². The van der Waals surface area contributed by atoms with Crippen molar-refractivity contribution in [2.75, 3.05) is 13.2 Å². The number of nitrogens with zero attached hydrogens (tertiary/aromatic N) is 1. The molecule has 1 aliphatic heterocycles. The Bertz CT molecular complexity index is 374. The minimum Gasteiger partial charge on any atom is -0.598 e. The van der Waals surface area contributed by atoms with Crippen molar-refractivity contribution in [3.63, 3.8) is 0 Å². The molecule has 1 unspecified atom stereocenters. The van der Waals surface area contributed by atoms with Crippen molar-refractivity contribution in [3.05, 3.63) is 30.1 Å². The van der Waals surface area contributed by atoms with Gasteiger partial charge in [-0.25, -0.2) is 0 Å². The van der Waals surface area contributed by atoms with Crippen LogP contribution in [-0.4, -0.2) is 27.5 Å². The molecule has 94 valence electrons. The van der Waals surface area contributed by atoms with E-state index in [9.17, 15) is 4.55 Å². The van der Waals surface area contributed by atoms with Crippen molar-refractivity contribution in [2.24, 2.45) is 0 Å². The number of hydrogen-bond acceptors (Lipinski definition) is 4. The van der Waals surface area contributed by atoms with Crippen LogP contribution in [0.3, 0.4) is 0 Å². The third-order valence-electron chi connectivity index (χ3n) is 2.70. The first kappa shape index (κ1) is 12.8. The highest BCUT2D eigenvalue weighted by molar-refractivity contribution is 7.90. The SMILES string of the molecule is CC(C)(C)[S+]([O-])NC1(c2ccccn2)COC1. The van der Waals surface area contributed by atoms with E-state index in [0.29, 0.717) is 13.2 Å². The van der Waals surface area contributed by atoms with Crippen LogP contribution >= 0.6 is 0 Å². The van der Waals surface area contributed by atoms with Crippen molar-refractivity contribution in [1.82, 2.24) is 9.71 Å². The molecule has 0 aliphatic carbocycles. The molecule has 0 amide bonds. The average Bonchev–Trinajstić information content (AvgIpc) is 2.23. The van der Waals surface area contributed by atoms with E-state index >= 15 is 0 Å². The van der Waals surface area contributed by atoms with Crippen LogP contribution in [0.25, 0.3) is 0 Å². The molecule has 4 nitrogen and oxygen atoms in total. The lowest BCUT2D eigenvalue weighted by atomic mass is 9.94. The summed E-state index contributed by atoms with van der Waals surface area (Å²) in [6, 6.07) is 5.75. The highest BCUT2D eigenvalue weighted by Crippen LogP contribution is 2.30. The molecule has 2 rings (SSSR count). The van der Waals surface area contributed by atoms with Crippen molar-refractivity contribution in [2.45, 2.75) is 31.1 Å². The van der Waals surface area contributed by atoms with Crippen molar-refractivity contribution < 1.29 is 9.29 Å². The maximum atomic E-state index is 12.2. The largest absolute Gasteiger partial charge is 0.598 e. The Morgan fingerprint density at radius 2 is 2.12 bits per heavy atom. The molecule has 0 bridgehead atoms. The van der Waals surface area contributed by atoms with Gasteiger partial charge in [0.25, 0.3) is 0 Å². The number of aromatic nitrogens is 1. The molecule has 0 radical (unpaired) electrons. The van der Waals surface area contributed by atoms with Crippen LogP contribution in [0.2, 0.25) is 0 Å². The van der Waals surface area contributed by atoms with Gasteiger partial charge in [-0.3, -0.25) is 4.98 Å². The molecule has 1 aliphatic rings. The third-order valence-corrected chi connectivity index (χ3v) is 4.38. The Morgan fingerprint density at radius 3 is 2.53 bits per heavy atom. The van der Waals surface area contributed by atoms with Gasteiger partial charge in [-0.15, -0.1) is 4.72 Å². The first-order chi connectivity index (χ1) is 7.94. The lowest BCUT2D eigenvalue weighted by Crippen LogP contribution is -2.62. The molecular formula is C12H18N2O2S. The second-order valence-corrected chi connectivity index (χ2v) is 7.24. The van der Waals surface area contributed by atoms with Gasteiger partial charge in [0.05, 0.1) is 18.9 Å². The van der Waals surface area contributed by atoms with E-state index < -0.39 is 11.4 Å². The van der Waals surface area contributed by atoms with E-state index in [2.05, 4.69) is 9.71 Å². The van der Waals surface area contributed by atoms with Crippen LogP contribution in [0.1, 0.15) is 26.5 Å². The smallest absolute Gasteiger partial charge is 0.151 e. The summed E-state index contributed by atoms with van der Waals surface area (Å²) in [5, 5.41) is 0. The maximum Gasteiger partial charge on any atom is 0.151 e. The Kier molecular flexibility index (Phi) is 3.45. The van der Waals surface area contributed by atoms with Crippen molar-refractivity contribution in [3.8, 4) is 0 Å². The second-order valence-electron chi connectivity index (χ2n) is 5.27. The molecule has 2 heterocycles. The number of hydrogen-bond donors (Lipinski definition) is 1. The summed E-state index contributed by atoms with van der Waals surface area (Å²) in [4.78, 5) is 4.33. The van der Waals surface area contributed by atoms with Gasteiger partial charge in [-0.1, -0.05) is 6.07 Å². The highest BCUT2D eigenvalue weighted by atomic mass is 32.2. The molecule has 1 aromatic heterocycles. The molecule has 0 saturated carbocycles. The summed E-state index contributed by atoms with van der Waals surface area (Å²) >= 11 is -1.13. The van der Waals surface area contributed by atoms with E-state index in [1.54, 1.807) is 6.20 Å². The summed E-state index contributed by atoms with van der Waals surface area (Å²) in [6.07, 6.45) is 1.75. The summed E-state index contributed by atoms with van der Waals surface area (Å²) < 4.78 is 20.3. The van der Waals surface area contributed by atoms with Gasteiger partial charge in [0.2, 0.25) is 0 Å². The topological polar surface area (TPSA) is 57.2 Å². The number of nitrogens with one attached hydrogen (secondary N) is 1. The molecule has 1 atom stereocenters. The molecule has 0 spiro atoms. The lowest BCUT2D eigenvalue weighted by Gasteiger charge is -2.42. The monoisotopic (exact) mass is 254 g/mol. The lowest BCUT2D eigenvalue weighted by molar-refractivity contribution is -0.0688. The van der Waals surface area contributed by atoms with Gasteiger partial charge in [0.1, 0.15) is 4.75 Å². The molecule has 1 saturated heterocycles. The predicted octanol–water partition coefficient (Wildman–Crippen LogP) is 1.36. The van der Waals surface area contributed by atoms with Crippen molar-refractivity contribution >= 4 is 11.4 Å². The van der Waals surface area contributed by atoms with Gasteiger partial charge < -0.3 is 9.29 Å². The minimum atomic E-state index is -1.13. The van der Waals surface area contributed by atoms with Crippen molar-refractivity contribution in [1.29, 1.82) is 0 Å². The quantitative estimate of drug-likeness (QED) is 0.827. The normalized spacial score (nSPS) is 20.7. The average molecular weight is 254 g/mol. The van der Waals surface area contributed by atoms with E-state index in [1.165, 1.54) is 0 Å². The molecule has 1 N–H and O–H groups in total. The molecule has 1 aromatic rings. The van der Waals surface area contributed by atoms with E-state index in [0.717, 1.165) is 5.69 Å². The van der Waals surface area contributed by atoms with Gasteiger partial charge in [0, 0.05) is 17.6 Å². The summed E-state index contributed by atoms with van der Waals surface area (Å²) in [5.74, 6) is 0. The summed E-state index contributed by atoms with van der Waals surface area (Å²) in [5.41, 5.74) is 0.503. The van der Waals surface area contributed by atoms with Crippen LogP contribution in [0.15, 0.2) is 24.4 Å². The Hall–Kier alpha value is -0.620. The van der Waals surface area contributed by atoms with Gasteiger partial charge in [-0.05, 0) is 32.9 Å². The molecular weight excluding hydrogens is 236 g/mol. The molecule has 5 heteroatoms. The molecule has 1 fully saturated rings. The number of pyridine rings is 1.